The third kappa shape index (κ3) is 2.46. The van der Waals surface area contributed by atoms with Crippen molar-refractivity contribution in [1.29, 1.82) is 0 Å². The molecule has 0 aliphatic carbocycles. The van der Waals surface area contributed by atoms with Crippen LogP contribution < -0.4 is 0 Å². The Morgan fingerprint density at radius 2 is 1.75 bits per heavy atom. The molecule has 16 heavy (non-hydrogen) atoms. The first-order valence-electron chi connectivity index (χ1n) is 3.86. The van der Waals surface area contributed by atoms with Gasteiger partial charge in [-0.1, -0.05) is 6.07 Å². The summed E-state index contributed by atoms with van der Waals surface area (Å²) in [7, 11) is -0.0133. The van der Waals surface area contributed by atoms with Crippen molar-refractivity contribution in [3.63, 3.8) is 0 Å². The van der Waals surface area contributed by atoms with Gasteiger partial charge in [0.2, 0.25) is 0 Å². The van der Waals surface area contributed by atoms with Crippen LogP contribution in [0.3, 0.4) is 0 Å². The van der Waals surface area contributed by atoms with Gasteiger partial charge in [-0.05, 0) is 18.6 Å². The van der Waals surface area contributed by atoms with Crippen LogP contribution in [0.15, 0.2) is 17.0 Å². The summed E-state index contributed by atoms with van der Waals surface area (Å²) >= 11 is 0. The van der Waals surface area contributed by atoms with E-state index in [1.165, 1.54) is 0 Å². The average molecular weight is 277 g/mol. The Kier molecular flexibility index (Phi) is 3.22. The Morgan fingerprint density at radius 1 is 1.25 bits per heavy atom. The van der Waals surface area contributed by atoms with Crippen LogP contribution in [-0.4, -0.2) is 8.42 Å². The molecule has 2 nitrogen and oxygen atoms in total. The average Bonchev–Trinajstić information content (AvgIpc) is 2.05. The van der Waals surface area contributed by atoms with E-state index in [2.05, 4.69) is 0 Å². The van der Waals surface area contributed by atoms with Gasteiger partial charge < -0.3 is 0 Å². The molecule has 1 rings (SSSR count). The summed E-state index contributed by atoms with van der Waals surface area (Å²) in [6, 6.07) is 1.32. The minimum absolute atomic E-state index is 0.229. The third-order valence-corrected chi connectivity index (χ3v) is 3.19. The predicted molar refractivity (Wildman–Crippen MR) is 49.2 cm³/mol. The Hall–Kier alpha value is -0.820. The normalized spacial score (nSPS) is 12.9. The van der Waals surface area contributed by atoms with Crippen LogP contribution in [0, 0.1) is 12.7 Å². The highest BCUT2D eigenvalue weighted by Crippen LogP contribution is 2.37. The van der Waals surface area contributed by atoms with Crippen molar-refractivity contribution < 1.29 is 26.0 Å². The first-order valence-corrected chi connectivity index (χ1v) is 6.17. The van der Waals surface area contributed by atoms with Crippen LogP contribution in [0.1, 0.15) is 11.1 Å². The standard InChI is InChI=1S/C8H5ClF4O2S/c1-4-2-3-5(8(11,12)13)7(6(4)10)16(9,14)15/h2-3H,1H3. The minimum atomic E-state index is -4.98. The van der Waals surface area contributed by atoms with E-state index in [0.29, 0.717) is 6.07 Å². The summed E-state index contributed by atoms with van der Waals surface area (Å²) in [5.41, 5.74) is -1.84. The maximum Gasteiger partial charge on any atom is 0.417 e. The van der Waals surface area contributed by atoms with E-state index in [1.807, 2.05) is 0 Å². The quantitative estimate of drug-likeness (QED) is 0.583. The van der Waals surface area contributed by atoms with Crippen LogP contribution in [0.4, 0.5) is 17.6 Å². The molecule has 0 saturated heterocycles. The molecule has 1 aromatic rings. The first-order chi connectivity index (χ1) is 7.05. The first kappa shape index (κ1) is 13.2. The molecule has 0 aliphatic rings. The van der Waals surface area contributed by atoms with Gasteiger partial charge in [0.15, 0.2) is 0 Å². The lowest BCUT2D eigenvalue weighted by molar-refractivity contribution is -0.140. The Balaban J connectivity index is 3.73. The van der Waals surface area contributed by atoms with Crippen molar-refractivity contribution in [2.75, 3.05) is 0 Å². The summed E-state index contributed by atoms with van der Waals surface area (Å²) in [5, 5.41) is 0. The number of aryl methyl sites for hydroxylation is 1. The van der Waals surface area contributed by atoms with Gasteiger partial charge in [0, 0.05) is 10.7 Å². The lowest BCUT2D eigenvalue weighted by Crippen LogP contribution is -2.13. The van der Waals surface area contributed by atoms with E-state index in [1.54, 1.807) is 0 Å². The van der Waals surface area contributed by atoms with Gasteiger partial charge in [0.25, 0.3) is 9.05 Å². The number of hydrogen-bond acceptors (Lipinski definition) is 2. The summed E-state index contributed by atoms with van der Waals surface area (Å²) in [5.74, 6) is -1.48. The number of rotatable bonds is 1. The van der Waals surface area contributed by atoms with Crippen molar-refractivity contribution in [1.82, 2.24) is 0 Å². The number of alkyl halides is 3. The zero-order chi connectivity index (χ0) is 12.7. The van der Waals surface area contributed by atoms with Crippen molar-refractivity contribution in [3.05, 3.63) is 29.1 Å². The lowest BCUT2D eigenvalue weighted by Gasteiger charge is -2.12. The zero-order valence-electron chi connectivity index (χ0n) is 7.77. The Labute approximate surface area is 93.3 Å². The van der Waals surface area contributed by atoms with E-state index in [0.717, 1.165) is 13.0 Å². The fraction of sp³-hybridized carbons (Fsp3) is 0.250. The van der Waals surface area contributed by atoms with E-state index < -0.39 is 31.5 Å². The zero-order valence-corrected chi connectivity index (χ0v) is 9.34. The minimum Gasteiger partial charge on any atom is -0.207 e. The Bertz CT molecular complexity index is 522. The highest BCUT2D eigenvalue weighted by Gasteiger charge is 2.39. The molecule has 0 N–H and O–H groups in total. The van der Waals surface area contributed by atoms with Crippen molar-refractivity contribution in [2.45, 2.75) is 18.0 Å². The van der Waals surface area contributed by atoms with E-state index in [4.69, 9.17) is 10.7 Å². The monoisotopic (exact) mass is 276 g/mol. The molecule has 0 unspecified atom stereocenters. The summed E-state index contributed by atoms with van der Waals surface area (Å²) in [4.78, 5) is -1.53. The second-order valence-corrected chi connectivity index (χ2v) is 5.51. The molecule has 0 heterocycles. The predicted octanol–water partition coefficient (Wildman–Crippen LogP) is 3.08. The molecule has 0 fully saturated rings. The summed E-state index contributed by atoms with van der Waals surface area (Å²) in [6.07, 6.45) is -4.98. The molecule has 0 bridgehead atoms. The van der Waals surface area contributed by atoms with Crippen molar-refractivity contribution in [2.24, 2.45) is 0 Å². The summed E-state index contributed by atoms with van der Waals surface area (Å²) in [6.45, 7) is 1.14. The molecule has 0 aromatic heterocycles. The maximum atomic E-state index is 13.3. The van der Waals surface area contributed by atoms with Gasteiger partial charge in [-0.3, -0.25) is 0 Å². The van der Waals surface area contributed by atoms with Gasteiger partial charge in [0.05, 0.1) is 5.56 Å². The molecular formula is C8H5ClF4O2S. The molecule has 0 spiro atoms. The molecular weight excluding hydrogens is 272 g/mol. The van der Waals surface area contributed by atoms with Crippen LogP contribution in [0.2, 0.25) is 0 Å². The van der Waals surface area contributed by atoms with E-state index in [-0.39, 0.29) is 5.56 Å². The molecule has 0 radical (unpaired) electrons. The van der Waals surface area contributed by atoms with Crippen LogP contribution in [-0.2, 0) is 15.2 Å². The molecule has 0 aliphatic heterocycles. The highest BCUT2D eigenvalue weighted by molar-refractivity contribution is 8.13. The molecule has 1 aromatic carbocycles. The van der Waals surface area contributed by atoms with Crippen molar-refractivity contribution >= 4 is 19.7 Å². The second kappa shape index (κ2) is 3.89. The Morgan fingerprint density at radius 3 is 2.12 bits per heavy atom. The van der Waals surface area contributed by atoms with Crippen molar-refractivity contribution in [3.8, 4) is 0 Å². The van der Waals surface area contributed by atoms with E-state index >= 15 is 0 Å². The highest BCUT2D eigenvalue weighted by atomic mass is 35.7. The molecule has 8 heteroatoms. The van der Waals surface area contributed by atoms with Gasteiger partial charge in [-0.25, -0.2) is 12.8 Å². The lowest BCUT2D eigenvalue weighted by atomic mass is 10.1. The second-order valence-electron chi connectivity index (χ2n) is 3.01. The number of halogens is 5. The number of benzene rings is 1. The molecule has 0 amide bonds. The number of hydrogen-bond donors (Lipinski definition) is 0. The largest absolute Gasteiger partial charge is 0.417 e. The van der Waals surface area contributed by atoms with Gasteiger partial charge in [-0.2, -0.15) is 13.2 Å². The fourth-order valence-corrected chi connectivity index (χ4v) is 2.39. The molecule has 90 valence electrons. The van der Waals surface area contributed by atoms with Gasteiger partial charge in [-0.15, -0.1) is 0 Å². The van der Waals surface area contributed by atoms with Crippen LogP contribution >= 0.6 is 10.7 Å². The maximum absolute atomic E-state index is 13.3. The summed E-state index contributed by atoms with van der Waals surface area (Å²) < 4.78 is 72.3. The van der Waals surface area contributed by atoms with E-state index in [9.17, 15) is 26.0 Å². The van der Waals surface area contributed by atoms with Gasteiger partial charge >= 0.3 is 6.18 Å². The third-order valence-electron chi connectivity index (χ3n) is 1.84. The van der Waals surface area contributed by atoms with Gasteiger partial charge in [0.1, 0.15) is 10.7 Å². The topological polar surface area (TPSA) is 34.1 Å². The van der Waals surface area contributed by atoms with Crippen LogP contribution in [0.25, 0.3) is 0 Å². The molecule has 0 saturated carbocycles. The van der Waals surface area contributed by atoms with Crippen LogP contribution in [0.5, 0.6) is 0 Å². The smallest absolute Gasteiger partial charge is 0.207 e. The fourth-order valence-electron chi connectivity index (χ4n) is 1.12. The SMILES string of the molecule is Cc1ccc(C(F)(F)F)c(S(=O)(=O)Cl)c1F. The molecule has 0 atom stereocenters.